The molecule has 0 unspecified atom stereocenters. The summed E-state index contributed by atoms with van der Waals surface area (Å²) in [6, 6.07) is 3.97. The summed E-state index contributed by atoms with van der Waals surface area (Å²) in [5.41, 5.74) is 2.28. The zero-order valence-corrected chi connectivity index (χ0v) is 15.8. The van der Waals surface area contributed by atoms with Crippen molar-refractivity contribution in [2.24, 2.45) is 0 Å². The topological polar surface area (TPSA) is 45.2 Å². The maximum Gasteiger partial charge on any atom is 0.164 e. The fraction of sp³-hybridized carbons (Fsp3) is 0.421. The molecule has 5 nitrogen and oxygen atoms in total. The highest BCUT2D eigenvalue weighted by atomic mass is 32.1. The second-order valence-corrected chi connectivity index (χ2v) is 7.70. The molecule has 3 aromatic heterocycles. The highest BCUT2D eigenvalue weighted by Gasteiger charge is 2.23. The Labute approximate surface area is 152 Å². The van der Waals surface area contributed by atoms with Crippen molar-refractivity contribution >= 4 is 27.4 Å². The van der Waals surface area contributed by atoms with E-state index < -0.39 is 0 Å². The molecule has 1 fully saturated rings. The number of aromatic nitrogens is 3. The van der Waals surface area contributed by atoms with Crippen molar-refractivity contribution in [3.8, 4) is 11.4 Å². The molecule has 0 aromatic carbocycles. The van der Waals surface area contributed by atoms with Crippen LogP contribution in [0.4, 0.5) is 5.82 Å². The Hall–Kier alpha value is -2.05. The van der Waals surface area contributed by atoms with Gasteiger partial charge in [0.25, 0.3) is 0 Å². The van der Waals surface area contributed by atoms with E-state index in [-0.39, 0.29) is 0 Å². The Morgan fingerprint density at radius 2 is 1.92 bits per heavy atom. The molecule has 0 bridgehead atoms. The van der Waals surface area contributed by atoms with Gasteiger partial charge in [-0.05, 0) is 38.1 Å². The molecule has 1 saturated heterocycles. The summed E-state index contributed by atoms with van der Waals surface area (Å²) < 4.78 is 0. The molecule has 0 radical (unpaired) electrons. The number of nitrogens with zero attached hydrogens (tertiary/aromatic N) is 5. The van der Waals surface area contributed by atoms with Crippen LogP contribution in [0.25, 0.3) is 21.6 Å². The van der Waals surface area contributed by atoms with Crippen LogP contribution in [-0.2, 0) is 0 Å². The van der Waals surface area contributed by atoms with E-state index in [1.54, 1.807) is 17.5 Å². The van der Waals surface area contributed by atoms with E-state index in [0.717, 1.165) is 54.8 Å². The van der Waals surface area contributed by atoms with Gasteiger partial charge >= 0.3 is 0 Å². The van der Waals surface area contributed by atoms with Gasteiger partial charge in [0.15, 0.2) is 5.82 Å². The summed E-state index contributed by atoms with van der Waals surface area (Å²) >= 11 is 1.76. The number of likely N-dealkylation sites (N-methyl/N-ethyl adjacent to an activating group) is 1. The first-order valence-corrected chi connectivity index (χ1v) is 9.64. The smallest absolute Gasteiger partial charge is 0.164 e. The van der Waals surface area contributed by atoms with E-state index >= 15 is 0 Å². The van der Waals surface area contributed by atoms with E-state index in [9.17, 15) is 0 Å². The number of hydrogen-bond donors (Lipinski definition) is 0. The molecule has 1 aliphatic rings. The Balaban J connectivity index is 1.83. The van der Waals surface area contributed by atoms with Gasteiger partial charge < -0.3 is 9.80 Å². The minimum absolute atomic E-state index is 0.773. The van der Waals surface area contributed by atoms with Gasteiger partial charge in [-0.2, -0.15) is 0 Å². The minimum atomic E-state index is 0.773. The van der Waals surface area contributed by atoms with E-state index in [2.05, 4.69) is 35.6 Å². The lowest BCUT2D eigenvalue weighted by Gasteiger charge is -2.35. The number of pyridine rings is 1. The Bertz CT molecular complexity index is 882. The normalized spacial score (nSPS) is 15.9. The first-order chi connectivity index (χ1) is 12.2. The number of piperazine rings is 1. The van der Waals surface area contributed by atoms with Crippen molar-refractivity contribution in [1.82, 2.24) is 19.9 Å². The maximum atomic E-state index is 4.98. The van der Waals surface area contributed by atoms with Crippen molar-refractivity contribution in [2.45, 2.75) is 20.8 Å². The van der Waals surface area contributed by atoms with Gasteiger partial charge in [-0.3, -0.25) is 4.98 Å². The average Bonchev–Trinajstić information content (AvgIpc) is 2.96. The summed E-state index contributed by atoms with van der Waals surface area (Å²) in [6.45, 7) is 11.9. The summed E-state index contributed by atoms with van der Waals surface area (Å²) in [5, 5.41) is 1.22. The summed E-state index contributed by atoms with van der Waals surface area (Å²) in [6.07, 6.45) is 3.62. The van der Waals surface area contributed by atoms with Crippen LogP contribution in [0.1, 0.15) is 17.4 Å². The van der Waals surface area contributed by atoms with Gasteiger partial charge in [-0.15, -0.1) is 11.3 Å². The predicted molar refractivity (Wildman–Crippen MR) is 104 cm³/mol. The quantitative estimate of drug-likeness (QED) is 0.721. The van der Waals surface area contributed by atoms with Crippen LogP contribution < -0.4 is 4.90 Å². The zero-order valence-electron chi connectivity index (χ0n) is 15.0. The number of hydrogen-bond acceptors (Lipinski definition) is 6. The lowest BCUT2D eigenvalue weighted by molar-refractivity contribution is 0.271. The molecular weight excluding hydrogens is 330 g/mol. The van der Waals surface area contributed by atoms with Gasteiger partial charge in [-0.1, -0.05) is 6.92 Å². The number of aryl methyl sites for hydroxylation is 2. The predicted octanol–water partition coefficient (Wildman–Crippen LogP) is 3.51. The van der Waals surface area contributed by atoms with Crippen LogP contribution in [0.2, 0.25) is 0 Å². The molecule has 4 heterocycles. The third kappa shape index (κ3) is 3.00. The molecule has 0 amide bonds. The van der Waals surface area contributed by atoms with Gasteiger partial charge in [0.05, 0.1) is 5.39 Å². The third-order valence-corrected chi connectivity index (χ3v) is 6.15. The second-order valence-electron chi connectivity index (χ2n) is 6.50. The standard InChI is InChI=1S/C19H23N5S/c1-4-23-8-10-24(11-9-23)18-16-13(2)14(3)25-19(16)22-17(21-18)15-6-5-7-20-12-15/h5-7,12H,4,8-11H2,1-3H3. The molecular formula is C19H23N5S. The second kappa shape index (κ2) is 6.69. The van der Waals surface area contributed by atoms with Crippen LogP contribution in [0.5, 0.6) is 0 Å². The van der Waals surface area contributed by atoms with Crippen molar-refractivity contribution in [3.05, 3.63) is 35.0 Å². The summed E-state index contributed by atoms with van der Waals surface area (Å²) in [7, 11) is 0. The van der Waals surface area contributed by atoms with Crippen molar-refractivity contribution in [1.29, 1.82) is 0 Å². The Kier molecular flexibility index (Phi) is 4.39. The van der Waals surface area contributed by atoms with Gasteiger partial charge in [-0.25, -0.2) is 9.97 Å². The molecule has 0 atom stereocenters. The molecule has 3 aromatic rings. The van der Waals surface area contributed by atoms with Crippen LogP contribution in [0.3, 0.4) is 0 Å². The molecule has 0 saturated carbocycles. The number of rotatable bonds is 3. The zero-order chi connectivity index (χ0) is 17.4. The van der Waals surface area contributed by atoms with E-state index in [0.29, 0.717) is 0 Å². The fourth-order valence-corrected chi connectivity index (χ4v) is 4.38. The van der Waals surface area contributed by atoms with Crippen LogP contribution >= 0.6 is 11.3 Å². The minimum Gasteiger partial charge on any atom is -0.353 e. The van der Waals surface area contributed by atoms with Gasteiger partial charge in [0.2, 0.25) is 0 Å². The molecule has 0 spiro atoms. The number of anilines is 1. The van der Waals surface area contributed by atoms with Crippen LogP contribution in [-0.4, -0.2) is 52.6 Å². The van der Waals surface area contributed by atoms with Crippen molar-refractivity contribution in [2.75, 3.05) is 37.6 Å². The molecule has 6 heteroatoms. The molecule has 0 aliphatic carbocycles. The average molecular weight is 353 g/mol. The summed E-state index contributed by atoms with van der Waals surface area (Å²) in [4.78, 5) is 21.4. The fourth-order valence-electron chi connectivity index (χ4n) is 3.36. The molecule has 0 N–H and O–H groups in total. The molecule has 4 rings (SSSR count). The van der Waals surface area contributed by atoms with E-state index in [1.807, 2.05) is 18.3 Å². The molecule has 130 valence electrons. The van der Waals surface area contributed by atoms with Crippen LogP contribution in [0, 0.1) is 13.8 Å². The van der Waals surface area contributed by atoms with Crippen molar-refractivity contribution < 1.29 is 0 Å². The Morgan fingerprint density at radius 1 is 1.12 bits per heavy atom. The van der Waals surface area contributed by atoms with Gasteiger partial charge in [0, 0.05) is 49.0 Å². The maximum absolute atomic E-state index is 4.98. The lowest BCUT2D eigenvalue weighted by Crippen LogP contribution is -2.46. The Morgan fingerprint density at radius 3 is 2.60 bits per heavy atom. The van der Waals surface area contributed by atoms with Crippen LogP contribution in [0.15, 0.2) is 24.5 Å². The highest BCUT2D eigenvalue weighted by Crippen LogP contribution is 2.36. The first-order valence-electron chi connectivity index (χ1n) is 8.82. The monoisotopic (exact) mass is 353 g/mol. The van der Waals surface area contributed by atoms with E-state index in [4.69, 9.17) is 9.97 Å². The number of thiophene rings is 1. The largest absolute Gasteiger partial charge is 0.353 e. The third-order valence-electron chi connectivity index (χ3n) is 5.05. The molecule has 25 heavy (non-hydrogen) atoms. The SMILES string of the molecule is CCN1CCN(c2nc(-c3cccnc3)nc3sc(C)c(C)c23)CC1. The highest BCUT2D eigenvalue weighted by molar-refractivity contribution is 7.18. The summed E-state index contributed by atoms with van der Waals surface area (Å²) in [5.74, 6) is 1.86. The number of fused-ring (bicyclic) bond motifs is 1. The molecule has 1 aliphatic heterocycles. The van der Waals surface area contributed by atoms with E-state index in [1.165, 1.54) is 15.8 Å². The van der Waals surface area contributed by atoms with Crippen molar-refractivity contribution in [3.63, 3.8) is 0 Å². The van der Waals surface area contributed by atoms with Gasteiger partial charge in [0.1, 0.15) is 10.6 Å². The first kappa shape index (κ1) is 16.4. The lowest BCUT2D eigenvalue weighted by atomic mass is 10.1.